The second-order valence-electron chi connectivity index (χ2n) is 1.76. The molecule has 1 atom stereocenters. The molecule has 0 aliphatic rings. The van der Waals surface area contributed by atoms with Crippen LogP contribution in [0.3, 0.4) is 0 Å². The summed E-state index contributed by atoms with van der Waals surface area (Å²) in [7, 11) is 2.42. The van der Waals surface area contributed by atoms with Gasteiger partial charge in [0.15, 0.2) is 0 Å². The van der Waals surface area contributed by atoms with E-state index in [4.69, 9.17) is 15.9 Å². The SMILES string of the molecule is CC(C#N)N(C)S(=O)(=O)Cl. The molecule has 0 saturated carbocycles. The first-order chi connectivity index (χ1) is 4.39. The van der Waals surface area contributed by atoms with Crippen LogP contribution < -0.4 is 0 Å². The number of halogens is 1. The summed E-state index contributed by atoms with van der Waals surface area (Å²) < 4.78 is 21.7. The fourth-order valence-corrected chi connectivity index (χ4v) is 1.05. The van der Waals surface area contributed by atoms with Crippen LogP contribution >= 0.6 is 10.7 Å². The Hall–Kier alpha value is -0.310. The molecule has 0 aliphatic heterocycles. The fourth-order valence-electron chi connectivity index (χ4n) is 0.270. The molecule has 0 N–H and O–H groups in total. The molecule has 0 bridgehead atoms. The van der Waals surface area contributed by atoms with Crippen molar-refractivity contribution in [2.75, 3.05) is 7.05 Å². The summed E-state index contributed by atoms with van der Waals surface area (Å²) in [5.41, 5.74) is 0. The summed E-state index contributed by atoms with van der Waals surface area (Å²) in [6, 6.07) is 1.01. The predicted octanol–water partition coefficient (Wildman–Crippen LogP) is 0.314. The Labute approximate surface area is 64.6 Å². The van der Waals surface area contributed by atoms with E-state index in [0.29, 0.717) is 0 Å². The third kappa shape index (κ3) is 2.52. The molecule has 0 aliphatic carbocycles. The predicted molar refractivity (Wildman–Crippen MR) is 37.6 cm³/mol. The molecule has 0 rings (SSSR count). The van der Waals surface area contributed by atoms with Gasteiger partial charge in [0, 0.05) is 17.7 Å². The van der Waals surface area contributed by atoms with Gasteiger partial charge in [-0.2, -0.15) is 18.0 Å². The lowest BCUT2D eigenvalue weighted by Crippen LogP contribution is -2.30. The maximum Gasteiger partial charge on any atom is 0.300 e. The quantitative estimate of drug-likeness (QED) is 0.578. The number of rotatable bonds is 2. The molecule has 0 fully saturated rings. The average Bonchev–Trinajstić information content (AvgIpc) is 1.83. The highest BCUT2D eigenvalue weighted by atomic mass is 35.7. The van der Waals surface area contributed by atoms with Gasteiger partial charge in [0.25, 0.3) is 0 Å². The van der Waals surface area contributed by atoms with Crippen LogP contribution in [0.25, 0.3) is 0 Å². The first-order valence-electron chi connectivity index (χ1n) is 2.47. The minimum Gasteiger partial charge on any atom is -0.197 e. The summed E-state index contributed by atoms with van der Waals surface area (Å²) in [5.74, 6) is 0. The smallest absolute Gasteiger partial charge is 0.197 e. The van der Waals surface area contributed by atoms with Gasteiger partial charge >= 0.3 is 9.24 Å². The normalized spacial score (nSPS) is 14.7. The highest BCUT2D eigenvalue weighted by Crippen LogP contribution is 2.06. The van der Waals surface area contributed by atoms with Crippen LogP contribution in [0.15, 0.2) is 0 Å². The molecular weight excluding hydrogens is 176 g/mol. The highest BCUT2D eigenvalue weighted by Gasteiger charge is 2.19. The van der Waals surface area contributed by atoms with Crippen molar-refractivity contribution in [3.8, 4) is 6.07 Å². The Morgan fingerprint density at radius 3 is 2.20 bits per heavy atom. The number of hydrogen-bond acceptors (Lipinski definition) is 3. The summed E-state index contributed by atoms with van der Waals surface area (Å²) in [6.45, 7) is 1.44. The molecule has 0 radical (unpaired) electrons. The topological polar surface area (TPSA) is 61.2 Å². The Kier molecular flexibility index (Phi) is 3.09. The van der Waals surface area contributed by atoms with Gasteiger partial charge in [-0.1, -0.05) is 0 Å². The highest BCUT2D eigenvalue weighted by molar-refractivity contribution is 8.11. The maximum atomic E-state index is 10.5. The minimum absolute atomic E-state index is 0.720. The van der Waals surface area contributed by atoms with Crippen LogP contribution in [0.5, 0.6) is 0 Å². The van der Waals surface area contributed by atoms with E-state index in [0.717, 1.165) is 4.31 Å². The number of nitrogens with zero attached hydrogens (tertiary/aromatic N) is 2. The zero-order valence-corrected chi connectivity index (χ0v) is 7.15. The molecule has 0 heterocycles. The van der Waals surface area contributed by atoms with Crippen LogP contribution in [0, 0.1) is 11.3 Å². The maximum absolute atomic E-state index is 10.5. The standard InChI is InChI=1S/C4H7ClN2O2S/c1-4(3-6)7(2)10(5,8)9/h4H,1-2H3. The first-order valence-corrected chi connectivity index (χ1v) is 4.73. The monoisotopic (exact) mass is 182 g/mol. The summed E-state index contributed by atoms with van der Waals surface area (Å²) in [6.07, 6.45) is 0. The lowest BCUT2D eigenvalue weighted by molar-refractivity contribution is 0.454. The van der Waals surface area contributed by atoms with E-state index in [9.17, 15) is 8.42 Å². The van der Waals surface area contributed by atoms with E-state index >= 15 is 0 Å². The van der Waals surface area contributed by atoms with Crippen molar-refractivity contribution in [2.24, 2.45) is 0 Å². The van der Waals surface area contributed by atoms with Crippen molar-refractivity contribution in [2.45, 2.75) is 13.0 Å². The van der Waals surface area contributed by atoms with Crippen molar-refractivity contribution in [1.29, 1.82) is 5.26 Å². The molecular formula is C4H7ClN2O2S. The van der Waals surface area contributed by atoms with Gasteiger partial charge in [0.05, 0.1) is 6.07 Å². The molecule has 6 heteroatoms. The molecule has 4 nitrogen and oxygen atoms in total. The lowest BCUT2D eigenvalue weighted by Gasteiger charge is -2.12. The van der Waals surface area contributed by atoms with Crippen molar-refractivity contribution >= 4 is 19.9 Å². The van der Waals surface area contributed by atoms with Crippen LogP contribution in [0.4, 0.5) is 0 Å². The van der Waals surface area contributed by atoms with Gasteiger partial charge < -0.3 is 0 Å². The van der Waals surface area contributed by atoms with E-state index in [1.165, 1.54) is 14.0 Å². The Morgan fingerprint density at radius 2 is 2.10 bits per heavy atom. The molecule has 0 aromatic heterocycles. The first kappa shape index (κ1) is 9.69. The van der Waals surface area contributed by atoms with Crippen molar-refractivity contribution < 1.29 is 8.42 Å². The zero-order chi connectivity index (χ0) is 8.36. The van der Waals surface area contributed by atoms with Gasteiger partial charge in [0.2, 0.25) is 0 Å². The van der Waals surface area contributed by atoms with Crippen LogP contribution in [-0.2, 0) is 9.24 Å². The van der Waals surface area contributed by atoms with Gasteiger partial charge in [-0.25, -0.2) is 0 Å². The molecule has 1 unspecified atom stereocenters. The van der Waals surface area contributed by atoms with E-state index in [1.54, 1.807) is 6.07 Å². The molecule has 0 saturated heterocycles. The molecule has 0 amide bonds. The van der Waals surface area contributed by atoms with Crippen LogP contribution in [-0.4, -0.2) is 25.8 Å². The fraction of sp³-hybridized carbons (Fsp3) is 0.750. The van der Waals surface area contributed by atoms with Gasteiger partial charge in [-0.3, -0.25) is 0 Å². The van der Waals surface area contributed by atoms with Crippen molar-refractivity contribution in [3.05, 3.63) is 0 Å². The molecule has 0 spiro atoms. The zero-order valence-electron chi connectivity index (χ0n) is 5.57. The Balaban J connectivity index is 4.42. The largest absolute Gasteiger partial charge is 0.300 e. The third-order valence-electron chi connectivity index (χ3n) is 1.08. The van der Waals surface area contributed by atoms with Crippen LogP contribution in [0.2, 0.25) is 0 Å². The van der Waals surface area contributed by atoms with Gasteiger partial charge in [-0.05, 0) is 6.92 Å². The average molecular weight is 183 g/mol. The summed E-state index contributed by atoms with van der Waals surface area (Å²) in [4.78, 5) is 0. The number of nitriles is 1. The van der Waals surface area contributed by atoms with E-state index in [-0.39, 0.29) is 0 Å². The third-order valence-corrected chi connectivity index (χ3v) is 2.73. The van der Waals surface area contributed by atoms with Crippen molar-refractivity contribution in [3.63, 3.8) is 0 Å². The molecule has 58 valence electrons. The molecule has 0 aromatic carbocycles. The summed E-state index contributed by atoms with van der Waals surface area (Å²) >= 11 is 0. The number of hydrogen-bond donors (Lipinski definition) is 0. The Morgan fingerprint density at radius 1 is 1.70 bits per heavy atom. The van der Waals surface area contributed by atoms with E-state index in [2.05, 4.69) is 0 Å². The summed E-state index contributed by atoms with van der Waals surface area (Å²) in [5, 5.41) is 8.25. The second-order valence-corrected chi connectivity index (χ2v) is 4.33. The Bertz CT molecular complexity index is 242. The van der Waals surface area contributed by atoms with Crippen molar-refractivity contribution in [1.82, 2.24) is 4.31 Å². The van der Waals surface area contributed by atoms with Gasteiger partial charge in [0.1, 0.15) is 6.04 Å². The van der Waals surface area contributed by atoms with E-state index < -0.39 is 15.3 Å². The van der Waals surface area contributed by atoms with E-state index in [1.807, 2.05) is 0 Å². The van der Waals surface area contributed by atoms with Gasteiger partial charge in [-0.15, -0.1) is 0 Å². The second kappa shape index (κ2) is 3.19. The van der Waals surface area contributed by atoms with Crippen LogP contribution in [0.1, 0.15) is 6.92 Å². The molecule has 10 heavy (non-hydrogen) atoms. The molecule has 0 aromatic rings. The lowest BCUT2D eigenvalue weighted by atomic mass is 10.4. The minimum atomic E-state index is -3.73.